The zero-order valence-electron chi connectivity index (χ0n) is 17.0. The van der Waals surface area contributed by atoms with Gasteiger partial charge in [-0.2, -0.15) is 0 Å². The van der Waals surface area contributed by atoms with E-state index in [1.54, 1.807) is 0 Å². The van der Waals surface area contributed by atoms with Crippen LogP contribution in [-0.2, 0) is 24.4 Å². The molecule has 0 aliphatic carbocycles. The monoisotopic (exact) mass is 395 g/mol. The van der Waals surface area contributed by atoms with Crippen molar-refractivity contribution >= 4 is 6.03 Å². The molecule has 0 saturated carbocycles. The Kier molecular flexibility index (Phi) is 6.32. The van der Waals surface area contributed by atoms with Crippen molar-refractivity contribution in [1.82, 2.24) is 15.1 Å². The molecule has 2 aromatic carbocycles. The van der Waals surface area contributed by atoms with Crippen LogP contribution in [0.3, 0.4) is 0 Å². The van der Waals surface area contributed by atoms with E-state index in [9.17, 15) is 4.79 Å². The van der Waals surface area contributed by atoms with Crippen LogP contribution in [0.2, 0.25) is 0 Å². The number of amides is 2. The van der Waals surface area contributed by atoms with E-state index in [1.807, 2.05) is 23.1 Å². The smallest absolute Gasteiger partial charge is 0.318 e. The van der Waals surface area contributed by atoms with Gasteiger partial charge in [0.1, 0.15) is 12.4 Å². The number of ether oxygens (including phenoxy) is 2. The number of urea groups is 1. The summed E-state index contributed by atoms with van der Waals surface area (Å²) in [6.45, 7) is 8.64. The number of morpholine rings is 1. The van der Waals surface area contributed by atoms with E-state index in [1.165, 1.54) is 11.1 Å². The van der Waals surface area contributed by atoms with Gasteiger partial charge in [-0.05, 0) is 30.2 Å². The quantitative estimate of drug-likeness (QED) is 0.865. The lowest BCUT2D eigenvalue weighted by Crippen LogP contribution is -2.40. The van der Waals surface area contributed by atoms with Crippen LogP contribution < -0.4 is 10.1 Å². The minimum Gasteiger partial charge on any atom is -0.491 e. The third kappa shape index (κ3) is 5.28. The van der Waals surface area contributed by atoms with E-state index in [0.717, 1.165) is 49.7 Å². The number of nitrogens with zero attached hydrogens (tertiary/aromatic N) is 2. The standard InChI is InChI=1S/C23H29N3O3/c1-18-2-4-19(5-3-18)15-24-23(27)26-10-13-29-22-7-6-20(14-21(22)17-26)16-25-8-11-28-12-9-25/h2-7,14H,8-13,15-17H2,1H3,(H,24,27). The first-order valence-electron chi connectivity index (χ1n) is 10.3. The predicted molar refractivity (Wildman–Crippen MR) is 112 cm³/mol. The van der Waals surface area contributed by atoms with Crippen molar-refractivity contribution in [3.63, 3.8) is 0 Å². The van der Waals surface area contributed by atoms with Crippen LogP contribution in [0.4, 0.5) is 4.79 Å². The molecule has 2 amide bonds. The van der Waals surface area contributed by atoms with Gasteiger partial charge in [-0.25, -0.2) is 4.79 Å². The van der Waals surface area contributed by atoms with Crippen LogP contribution >= 0.6 is 0 Å². The number of rotatable bonds is 4. The summed E-state index contributed by atoms with van der Waals surface area (Å²) in [5, 5.41) is 3.04. The molecule has 1 saturated heterocycles. The zero-order chi connectivity index (χ0) is 20.1. The van der Waals surface area contributed by atoms with E-state index >= 15 is 0 Å². The molecule has 2 aromatic rings. The summed E-state index contributed by atoms with van der Waals surface area (Å²) < 4.78 is 11.3. The van der Waals surface area contributed by atoms with Crippen LogP contribution in [0.1, 0.15) is 22.3 Å². The number of aryl methyl sites for hydroxylation is 1. The number of benzene rings is 2. The Bertz CT molecular complexity index is 832. The lowest BCUT2D eigenvalue weighted by molar-refractivity contribution is 0.0342. The molecule has 4 rings (SSSR count). The molecule has 6 nitrogen and oxygen atoms in total. The molecule has 0 spiro atoms. The second-order valence-corrected chi connectivity index (χ2v) is 7.74. The number of fused-ring (bicyclic) bond motifs is 1. The first-order valence-corrected chi connectivity index (χ1v) is 10.3. The number of carbonyl (C=O) groups is 1. The zero-order valence-corrected chi connectivity index (χ0v) is 17.0. The van der Waals surface area contributed by atoms with Gasteiger partial charge in [0.05, 0.1) is 26.3 Å². The summed E-state index contributed by atoms with van der Waals surface area (Å²) in [7, 11) is 0. The molecule has 0 aromatic heterocycles. The molecule has 1 N–H and O–H groups in total. The minimum absolute atomic E-state index is 0.0550. The molecule has 0 atom stereocenters. The molecule has 1 fully saturated rings. The summed E-state index contributed by atoms with van der Waals surface area (Å²) in [5.41, 5.74) is 4.63. The fourth-order valence-electron chi connectivity index (χ4n) is 3.73. The summed E-state index contributed by atoms with van der Waals surface area (Å²) in [4.78, 5) is 17.0. The van der Waals surface area contributed by atoms with Gasteiger partial charge in [0, 0.05) is 31.7 Å². The van der Waals surface area contributed by atoms with Crippen LogP contribution in [0.5, 0.6) is 5.75 Å². The Balaban J connectivity index is 1.38. The van der Waals surface area contributed by atoms with E-state index in [2.05, 4.69) is 41.4 Å². The first kappa shape index (κ1) is 19.7. The molecule has 2 heterocycles. The van der Waals surface area contributed by atoms with E-state index in [-0.39, 0.29) is 6.03 Å². The molecule has 154 valence electrons. The maximum atomic E-state index is 12.7. The minimum atomic E-state index is -0.0550. The van der Waals surface area contributed by atoms with Crippen molar-refractivity contribution in [3.05, 3.63) is 64.7 Å². The van der Waals surface area contributed by atoms with Crippen LogP contribution in [0.15, 0.2) is 42.5 Å². The van der Waals surface area contributed by atoms with Crippen LogP contribution in [0, 0.1) is 6.92 Å². The molecule has 6 heteroatoms. The Morgan fingerprint density at radius 3 is 2.55 bits per heavy atom. The highest BCUT2D eigenvalue weighted by molar-refractivity contribution is 5.74. The molecular formula is C23H29N3O3. The van der Waals surface area contributed by atoms with Gasteiger partial charge >= 0.3 is 6.03 Å². The van der Waals surface area contributed by atoms with Crippen molar-refractivity contribution < 1.29 is 14.3 Å². The fraction of sp³-hybridized carbons (Fsp3) is 0.435. The lowest BCUT2D eigenvalue weighted by Gasteiger charge is -2.27. The molecule has 2 aliphatic rings. The Hall–Kier alpha value is -2.57. The highest BCUT2D eigenvalue weighted by Crippen LogP contribution is 2.25. The summed E-state index contributed by atoms with van der Waals surface area (Å²) >= 11 is 0. The average molecular weight is 396 g/mol. The van der Waals surface area contributed by atoms with Crippen molar-refractivity contribution in [2.24, 2.45) is 0 Å². The lowest BCUT2D eigenvalue weighted by atomic mass is 10.1. The fourth-order valence-corrected chi connectivity index (χ4v) is 3.73. The molecular weight excluding hydrogens is 366 g/mol. The Morgan fingerprint density at radius 2 is 1.76 bits per heavy atom. The number of nitrogens with one attached hydrogen (secondary N) is 1. The topological polar surface area (TPSA) is 54.0 Å². The maximum absolute atomic E-state index is 12.7. The average Bonchev–Trinajstić information content (AvgIpc) is 2.96. The van der Waals surface area contributed by atoms with Crippen molar-refractivity contribution in [1.29, 1.82) is 0 Å². The molecule has 0 unspecified atom stereocenters. The summed E-state index contributed by atoms with van der Waals surface area (Å²) in [6.07, 6.45) is 0. The second kappa shape index (κ2) is 9.29. The van der Waals surface area contributed by atoms with Crippen LogP contribution in [0.25, 0.3) is 0 Å². The van der Waals surface area contributed by atoms with Gasteiger partial charge < -0.3 is 19.7 Å². The highest BCUT2D eigenvalue weighted by atomic mass is 16.5. The summed E-state index contributed by atoms with van der Waals surface area (Å²) in [5.74, 6) is 0.879. The van der Waals surface area contributed by atoms with Crippen molar-refractivity contribution in [2.75, 3.05) is 39.5 Å². The summed E-state index contributed by atoms with van der Waals surface area (Å²) in [6, 6.07) is 14.5. The Labute approximate surface area is 172 Å². The molecule has 2 aliphatic heterocycles. The third-order valence-electron chi connectivity index (χ3n) is 5.47. The number of carbonyl (C=O) groups excluding carboxylic acids is 1. The molecule has 29 heavy (non-hydrogen) atoms. The normalized spacial score (nSPS) is 17.2. The predicted octanol–water partition coefficient (Wildman–Crippen LogP) is 2.93. The van der Waals surface area contributed by atoms with Gasteiger partial charge in [0.2, 0.25) is 0 Å². The van der Waals surface area contributed by atoms with Crippen molar-refractivity contribution in [2.45, 2.75) is 26.6 Å². The van der Waals surface area contributed by atoms with Gasteiger partial charge in [0.25, 0.3) is 0 Å². The van der Waals surface area contributed by atoms with E-state index < -0.39 is 0 Å². The first-order chi connectivity index (χ1) is 14.2. The number of hydrogen-bond acceptors (Lipinski definition) is 4. The van der Waals surface area contributed by atoms with Gasteiger partial charge in [-0.15, -0.1) is 0 Å². The van der Waals surface area contributed by atoms with Gasteiger partial charge in [0.15, 0.2) is 0 Å². The largest absolute Gasteiger partial charge is 0.491 e. The highest BCUT2D eigenvalue weighted by Gasteiger charge is 2.20. The number of hydrogen-bond donors (Lipinski definition) is 1. The molecule has 0 radical (unpaired) electrons. The Morgan fingerprint density at radius 1 is 1.00 bits per heavy atom. The second-order valence-electron chi connectivity index (χ2n) is 7.74. The van der Waals surface area contributed by atoms with Crippen molar-refractivity contribution in [3.8, 4) is 5.75 Å². The van der Waals surface area contributed by atoms with E-state index in [0.29, 0.717) is 26.2 Å². The van der Waals surface area contributed by atoms with Crippen LogP contribution in [-0.4, -0.2) is 55.3 Å². The third-order valence-corrected chi connectivity index (χ3v) is 5.47. The van der Waals surface area contributed by atoms with E-state index in [4.69, 9.17) is 9.47 Å². The maximum Gasteiger partial charge on any atom is 0.318 e. The van der Waals surface area contributed by atoms with Gasteiger partial charge in [-0.1, -0.05) is 35.9 Å². The molecule has 0 bridgehead atoms. The van der Waals surface area contributed by atoms with Gasteiger partial charge in [-0.3, -0.25) is 4.90 Å². The SMILES string of the molecule is Cc1ccc(CNC(=O)N2CCOc3ccc(CN4CCOCC4)cc3C2)cc1.